The van der Waals surface area contributed by atoms with Crippen molar-refractivity contribution in [2.24, 2.45) is 0 Å². The molecule has 20 heavy (non-hydrogen) atoms. The predicted octanol–water partition coefficient (Wildman–Crippen LogP) is 1.44. The molecule has 1 aliphatic rings. The molecule has 0 spiro atoms. The van der Waals surface area contributed by atoms with E-state index in [9.17, 15) is 9.59 Å². The molecule has 6 nitrogen and oxygen atoms in total. The number of carbonyl (C=O) groups is 2. The minimum atomic E-state index is -0.309. The summed E-state index contributed by atoms with van der Waals surface area (Å²) in [5, 5.41) is 5.52. The standard InChI is InChI=1S/C14H14N4O2/c1-9-7-16-14(20)12-11(4-6-18(9)12)13(19)17-10-3-2-5-15-8-10/h2-6,8-9H,7H2,1H3,(H,16,20)(H,17,19)/t9-/m0/s1. The molecule has 6 heteroatoms. The van der Waals surface area contributed by atoms with Crippen LogP contribution in [0.15, 0.2) is 36.8 Å². The van der Waals surface area contributed by atoms with Gasteiger partial charge in [-0.1, -0.05) is 0 Å². The molecule has 0 unspecified atom stereocenters. The van der Waals surface area contributed by atoms with Crippen LogP contribution in [0.5, 0.6) is 0 Å². The van der Waals surface area contributed by atoms with Crippen molar-refractivity contribution in [3.63, 3.8) is 0 Å². The van der Waals surface area contributed by atoms with Crippen LogP contribution in [0.4, 0.5) is 5.69 Å². The van der Waals surface area contributed by atoms with E-state index < -0.39 is 0 Å². The van der Waals surface area contributed by atoms with Crippen LogP contribution in [0, 0.1) is 0 Å². The molecule has 1 aliphatic heterocycles. The summed E-state index contributed by atoms with van der Waals surface area (Å²) < 4.78 is 1.83. The zero-order valence-corrected chi connectivity index (χ0v) is 11.0. The van der Waals surface area contributed by atoms with E-state index in [2.05, 4.69) is 15.6 Å². The summed E-state index contributed by atoms with van der Waals surface area (Å²) in [4.78, 5) is 28.1. The molecule has 3 heterocycles. The third-order valence-electron chi connectivity index (χ3n) is 3.33. The first-order valence-corrected chi connectivity index (χ1v) is 6.37. The Morgan fingerprint density at radius 1 is 1.50 bits per heavy atom. The third-order valence-corrected chi connectivity index (χ3v) is 3.33. The van der Waals surface area contributed by atoms with Crippen molar-refractivity contribution < 1.29 is 9.59 Å². The van der Waals surface area contributed by atoms with Crippen molar-refractivity contribution in [1.82, 2.24) is 14.9 Å². The van der Waals surface area contributed by atoms with Gasteiger partial charge in [0.1, 0.15) is 5.69 Å². The van der Waals surface area contributed by atoms with Crippen LogP contribution < -0.4 is 10.6 Å². The normalized spacial score (nSPS) is 17.2. The maximum Gasteiger partial charge on any atom is 0.268 e. The molecule has 3 rings (SSSR count). The van der Waals surface area contributed by atoms with Crippen LogP contribution in [0.2, 0.25) is 0 Å². The number of hydrogen-bond donors (Lipinski definition) is 2. The average Bonchev–Trinajstić information content (AvgIpc) is 2.90. The van der Waals surface area contributed by atoms with Gasteiger partial charge in [-0.3, -0.25) is 14.6 Å². The number of hydrogen-bond acceptors (Lipinski definition) is 3. The minimum absolute atomic E-state index is 0.141. The lowest BCUT2D eigenvalue weighted by atomic mass is 10.1. The smallest absolute Gasteiger partial charge is 0.268 e. The van der Waals surface area contributed by atoms with Crippen molar-refractivity contribution in [1.29, 1.82) is 0 Å². The molecule has 0 aromatic carbocycles. The van der Waals surface area contributed by atoms with Gasteiger partial charge < -0.3 is 15.2 Å². The Morgan fingerprint density at radius 3 is 3.10 bits per heavy atom. The summed E-state index contributed by atoms with van der Waals surface area (Å²) >= 11 is 0. The topological polar surface area (TPSA) is 76.0 Å². The van der Waals surface area contributed by atoms with Crippen LogP contribution in [-0.2, 0) is 0 Å². The van der Waals surface area contributed by atoms with E-state index in [4.69, 9.17) is 0 Å². The van der Waals surface area contributed by atoms with Gasteiger partial charge in [0.2, 0.25) is 0 Å². The molecule has 2 N–H and O–H groups in total. The molecule has 0 fully saturated rings. The maximum atomic E-state index is 12.3. The monoisotopic (exact) mass is 270 g/mol. The molecule has 2 amide bonds. The summed E-state index contributed by atoms with van der Waals surface area (Å²) in [6, 6.07) is 5.29. The Kier molecular flexibility index (Phi) is 2.98. The zero-order chi connectivity index (χ0) is 14.1. The second kappa shape index (κ2) is 4.80. The number of nitrogens with one attached hydrogen (secondary N) is 2. The molecule has 2 aromatic heterocycles. The van der Waals surface area contributed by atoms with Crippen molar-refractivity contribution in [2.75, 3.05) is 11.9 Å². The fourth-order valence-corrected chi connectivity index (χ4v) is 2.30. The Labute approximate surface area is 115 Å². The van der Waals surface area contributed by atoms with Gasteiger partial charge in [0.25, 0.3) is 11.8 Å². The zero-order valence-electron chi connectivity index (χ0n) is 11.0. The Hall–Kier alpha value is -2.63. The lowest BCUT2D eigenvalue weighted by Crippen LogP contribution is -2.38. The Bertz CT molecular complexity index is 663. The van der Waals surface area contributed by atoms with E-state index in [0.717, 1.165) is 0 Å². The fraction of sp³-hybridized carbons (Fsp3) is 0.214. The van der Waals surface area contributed by atoms with Gasteiger partial charge in [0, 0.05) is 25.0 Å². The summed E-state index contributed by atoms with van der Waals surface area (Å²) in [5.41, 5.74) is 1.38. The van der Waals surface area contributed by atoms with Crippen molar-refractivity contribution in [3.8, 4) is 0 Å². The molecule has 1 atom stereocenters. The molecule has 2 aromatic rings. The largest absolute Gasteiger partial charge is 0.349 e. The molecule has 0 radical (unpaired) electrons. The number of rotatable bonds is 2. The van der Waals surface area contributed by atoms with Crippen LogP contribution in [0.3, 0.4) is 0 Å². The minimum Gasteiger partial charge on any atom is -0.349 e. The van der Waals surface area contributed by atoms with E-state index in [1.54, 1.807) is 36.8 Å². The van der Waals surface area contributed by atoms with Crippen molar-refractivity contribution >= 4 is 17.5 Å². The van der Waals surface area contributed by atoms with Crippen LogP contribution >= 0.6 is 0 Å². The number of pyridine rings is 1. The lowest BCUT2D eigenvalue weighted by Gasteiger charge is -2.23. The molecule has 0 aliphatic carbocycles. The number of carbonyl (C=O) groups excluding carboxylic acids is 2. The highest BCUT2D eigenvalue weighted by Crippen LogP contribution is 2.21. The van der Waals surface area contributed by atoms with Gasteiger partial charge >= 0.3 is 0 Å². The number of nitrogens with zero attached hydrogens (tertiary/aromatic N) is 2. The molecule has 0 bridgehead atoms. The van der Waals surface area contributed by atoms with Gasteiger partial charge in [0.05, 0.1) is 17.4 Å². The van der Waals surface area contributed by atoms with Gasteiger partial charge in [-0.2, -0.15) is 0 Å². The lowest BCUT2D eigenvalue weighted by molar-refractivity contribution is 0.0906. The van der Waals surface area contributed by atoms with Gasteiger partial charge in [-0.25, -0.2) is 0 Å². The highest BCUT2D eigenvalue weighted by molar-refractivity contribution is 6.11. The van der Waals surface area contributed by atoms with E-state index in [1.165, 1.54) is 0 Å². The van der Waals surface area contributed by atoms with E-state index >= 15 is 0 Å². The molecule has 0 saturated heterocycles. The van der Waals surface area contributed by atoms with Gasteiger partial charge in [0.15, 0.2) is 0 Å². The number of aromatic nitrogens is 2. The SMILES string of the molecule is C[C@H]1CNC(=O)c2c(C(=O)Nc3cccnc3)ccn21. The molecule has 0 saturated carbocycles. The van der Waals surface area contributed by atoms with Crippen LogP contribution in [0.25, 0.3) is 0 Å². The quantitative estimate of drug-likeness (QED) is 0.867. The van der Waals surface area contributed by atoms with Gasteiger partial charge in [-0.05, 0) is 25.1 Å². The first-order chi connectivity index (χ1) is 9.66. The average molecular weight is 270 g/mol. The van der Waals surface area contributed by atoms with Gasteiger partial charge in [-0.15, -0.1) is 0 Å². The van der Waals surface area contributed by atoms with Crippen LogP contribution in [-0.4, -0.2) is 27.9 Å². The van der Waals surface area contributed by atoms with Crippen LogP contribution in [0.1, 0.15) is 33.8 Å². The summed E-state index contributed by atoms with van der Waals surface area (Å²) in [7, 11) is 0. The highest BCUT2D eigenvalue weighted by Gasteiger charge is 2.27. The van der Waals surface area contributed by atoms with E-state index in [-0.39, 0.29) is 17.9 Å². The number of anilines is 1. The van der Waals surface area contributed by atoms with E-state index in [0.29, 0.717) is 23.5 Å². The second-order valence-corrected chi connectivity index (χ2v) is 4.74. The summed E-state index contributed by atoms with van der Waals surface area (Å²) in [6.07, 6.45) is 4.96. The predicted molar refractivity (Wildman–Crippen MR) is 73.7 cm³/mol. The molecule has 102 valence electrons. The van der Waals surface area contributed by atoms with E-state index in [1.807, 2.05) is 11.5 Å². The van der Waals surface area contributed by atoms with Crippen molar-refractivity contribution in [2.45, 2.75) is 13.0 Å². The number of fused-ring (bicyclic) bond motifs is 1. The summed E-state index contributed by atoms with van der Waals surface area (Å²) in [6.45, 7) is 2.57. The first kappa shape index (κ1) is 12.4. The summed E-state index contributed by atoms with van der Waals surface area (Å²) in [5.74, 6) is -0.527. The maximum absolute atomic E-state index is 12.3. The highest BCUT2D eigenvalue weighted by atomic mass is 16.2. The molecular formula is C14H14N4O2. The molecular weight excluding hydrogens is 256 g/mol. The second-order valence-electron chi connectivity index (χ2n) is 4.74. The fourth-order valence-electron chi connectivity index (χ4n) is 2.30. The Balaban J connectivity index is 1.92. The Morgan fingerprint density at radius 2 is 2.35 bits per heavy atom. The first-order valence-electron chi connectivity index (χ1n) is 6.37. The third kappa shape index (κ3) is 2.05. The number of amides is 2. The van der Waals surface area contributed by atoms with Crippen molar-refractivity contribution in [3.05, 3.63) is 48.0 Å².